The SMILES string of the molecule is COc1nc(OC)c2c(n1)N1CCCc3cccc(c31)C2=C(C#N)C#N. The number of benzene rings is 1. The summed E-state index contributed by atoms with van der Waals surface area (Å²) in [4.78, 5) is 10.9. The summed E-state index contributed by atoms with van der Waals surface area (Å²) >= 11 is 0. The molecule has 26 heavy (non-hydrogen) atoms. The number of fused-ring (bicyclic) bond motifs is 2. The van der Waals surface area contributed by atoms with Crippen LogP contribution in [0.1, 0.15) is 23.1 Å². The molecule has 0 saturated heterocycles. The van der Waals surface area contributed by atoms with Gasteiger partial charge < -0.3 is 14.4 Å². The summed E-state index contributed by atoms with van der Waals surface area (Å²) in [6, 6.07) is 10.2. The summed E-state index contributed by atoms with van der Waals surface area (Å²) in [6.45, 7) is 0.780. The third-order valence-electron chi connectivity index (χ3n) is 4.68. The summed E-state index contributed by atoms with van der Waals surface area (Å²) < 4.78 is 10.7. The second-order valence-electron chi connectivity index (χ2n) is 5.96. The van der Waals surface area contributed by atoms with Crippen molar-refractivity contribution < 1.29 is 9.47 Å². The first-order valence-electron chi connectivity index (χ1n) is 8.18. The molecule has 0 amide bonds. The van der Waals surface area contributed by atoms with Crippen LogP contribution in [-0.2, 0) is 6.42 Å². The van der Waals surface area contributed by atoms with E-state index in [-0.39, 0.29) is 17.5 Å². The van der Waals surface area contributed by atoms with Crippen molar-refractivity contribution in [1.82, 2.24) is 9.97 Å². The van der Waals surface area contributed by atoms with E-state index in [0.29, 0.717) is 17.0 Å². The number of nitriles is 2. The number of rotatable bonds is 2. The van der Waals surface area contributed by atoms with Gasteiger partial charge in [-0.1, -0.05) is 18.2 Å². The molecule has 2 aromatic rings. The molecule has 0 radical (unpaired) electrons. The maximum Gasteiger partial charge on any atom is 0.321 e. The molecule has 4 rings (SSSR count). The van der Waals surface area contributed by atoms with Gasteiger partial charge in [0.15, 0.2) is 5.82 Å². The van der Waals surface area contributed by atoms with Crippen LogP contribution in [-0.4, -0.2) is 30.7 Å². The van der Waals surface area contributed by atoms with E-state index >= 15 is 0 Å². The van der Waals surface area contributed by atoms with E-state index in [4.69, 9.17) is 9.47 Å². The molecular weight excluding hydrogens is 330 g/mol. The zero-order valence-electron chi connectivity index (χ0n) is 14.4. The molecule has 0 unspecified atom stereocenters. The van der Waals surface area contributed by atoms with Crippen LogP contribution in [0.5, 0.6) is 11.9 Å². The molecule has 0 bridgehead atoms. The van der Waals surface area contributed by atoms with Crippen LogP contribution in [0.2, 0.25) is 0 Å². The van der Waals surface area contributed by atoms with Crippen molar-refractivity contribution >= 4 is 17.1 Å². The Labute approximate surface area is 150 Å². The van der Waals surface area contributed by atoms with Crippen LogP contribution in [0.15, 0.2) is 23.8 Å². The lowest BCUT2D eigenvalue weighted by molar-refractivity contribution is 0.351. The van der Waals surface area contributed by atoms with E-state index < -0.39 is 0 Å². The van der Waals surface area contributed by atoms with Gasteiger partial charge in [0, 0.05) is 17.7 Å². The van der Waals surface area contributed by atoms with Crippen molar-refractivity contribution in [2.24, 2.45) is 0 Å². The number of methoxy groups -OCH3 is 2. The van der Waals surface area contributed by atoms with E-state index in [1.54, 1.807) is 0 Å². The molecule has 2 aliphatic heterocycles. The highest BCUT2D eigenvalue weighted by molar-refractivity contribution is 6.02. The number of hydrogen-bond acceptors (Lipinski definition) is 7. The Bertz CT molecular complexity index is 1010. The number of aryl methyl sites for hydroxylation is 1. The van der Waals surface area contributed by atoms with Gasteiger partial charge >= 0.3 is 6.01 Å². The zero-order chi connectivity index (χ0) is 18.3. The quantitative estimate of drug-likeness (QED) is 0.772. The Hall–Kier alpha value is -3.58. The Kier molecular flexibility index (Phi) is 3.70. The van der Waals surface area contributed by atoms with Crippen LogP contribution in [0.25, 0.3) is 5.57 Å². The summed E-state index contributed by atoms with van der Waals surface area (Å²) in [5.41, 5.74) is 4.07. The van der Waals surface area contributed by atoms with Crippen molar-refractivity contribution in [3.63, 3.8) is 0 Å². The predicted octanol–water partition coefficient (Wildman–Crippen LogP) is 2.74. The standard InChI is InChI=1S/C19H15N5O2/c1-25-18-15-14(12(9-20)10-21)13-7-3-5-11-6-4-8-24(16(11)13)17(15)22-19(23-18)26-2/h3,5,7H,4,6,8H2,1-2H3. The van der Waals surface area contributed by atoms with Crippen LogP contribution in [0.4, 0.5) is 11.5 Å². The van der Waals surface area contributed by atoms with Gasteiger partial charge in [0.1, 0.15) is 17.7 Å². The molecule has 1 aromatic heterocycles. The van der Waals surface area contributed by atoms with Crippen LogP contribution >= 0.6 is 0 Å². The number of anilines is 2. The highest BCUT2D eigenvalue weighted by atomic mass is 16.5. The van der Waals surface area contributed by atoms with Crippen molar-refractivity contribution in [3.8, 4) is 24.0 Å². The van der Waals surface area contributed by atoms with Crippen LogP contribution < -0.4 is 14.4 Å². The van der Waals surface area contributed by atoms with Gasteiger partial charge in [-0.15, -0.1) is 0 Å². The lowest BCUT2D eigenvalue weighted by Crippen LogP contribution is -2.31. The number of ether oxygens (including phenoxy) is 2. The number of aromatic nitrogens is 2. The number of allylic oxidation sites excluding steroid dienone is 1. The van der Waals surface area contributed by atoms with Crippen molar-refractivity contribution in [1.29, 1.82) is 10.5 Å². The van der Waals surface area contributed by atoms with Gasteiger partial charge in [0.05, 0.1) is 25.5 Å². The fraction of sp³-hybridized carbons (Fsp3) is 0.263. The van der Waals surface area contributed by atoms with Crippen molar-refractivity contribution in [2.45, 2.75) is 12.8 Å². The van der Waals surface area contributed by atoms with Gasteiger partial charge in [0.2, 0.25) is 5.88 Å². The van der Waals surface area contributed by atoms with Gasteiger partial charge in [-0.3, -0.25) is 0 Å². The summed E-state index contributed by atoms with van der Waals surface area (Å²) in [6.07, 6.45) is 1.92. The predicted molar refractivity (Wildman–Crippen MR) is 94.2 cm³/mol. The second kappa shape index (κ2) is 6.05. The van der Waals surface area contributed by atoms with E-state index in [9.17, 15) is 10.5 Å². The maximum absolute atomic E-state index is 9.55. The first-order chi connectivity index (χ1) is 12.7. The molecule has 0 saturated carbocycles. The molecule has 7 nitrogen and oxygen atoms in total. The largest absolute Gasteiger partial charge is 0.480 e. The fourth-order valence-corrected chi connectivity index (χ4v) is 3.66. The van der Waals surface area contributed by atoms with Crippen LogP contribution in [0, 0.1) is 22.7 Å². The normalized spacial score (nSPS) is 13.8. The van der Waals surface area contributed by atoms with E-state index in [2.05, 4.69) is 20.9 Å². The monoisotopic (exact) mass is 345 g/mol. The third kappa shape index (κ3) is 2.11. The molecule has 0 N–H and O–H groups in total. The first-order valence-corrected chi connectivity index (χ1v) is 8.18. The topological polar surface area (TPSA) is 95.1 Å². The highest BCUT2D eigenvalue weighted by Crippen LogP contribution is 2.51. The fourth-order valence-electron chi connectivity index (χ4n) is 3.66. The number of para-hydroxylation sites is 1. The first kappa shape index (κ1) is 15.9. The third-order valence-corrected chi connectivity index (χ3v) is 4.68. The van der Waals surface area contributed by atoms with Gasteiger partial charge in [-0.2, -0.15) is 20.5 Å². The molecule has 0 aliphatic carbocycles. The molecule has 2 aliphatic rings. The molecule has 7 heteroatoms. The van der Waals surface area contributed by atoms with Gasteiger partial charge in [-0.25, -0.2) is 0 Å². The molecular formula is C19H15N5O2. The summed E-state index contributed by atoms with van der Waals surface area (Å²) in [7, 11) is 2.99. The molecule has 0 spiro atoms. The minimum absolute atomic E-state index is 0.0111. The minimum atomic E-state index is 0.0111. The van der Waals surface area contributed by atoms with E-state index in [1.165, 1.54) is 19.8 Å². The minimum Gasteiger partial charge on any atom is -0.480 e. The lowest BCUT2D eigenvalue weighted by atomic mass is 9.85. The smallest absolute Gasteiger partial charge is 0.321 e. The highest BCUT2D eigenvalue weighted by Gasteiger charge is 2.36. The Morgan fingerprint density at radius 2 is 1.96 bits per heavy atom. The summed E-state index contributed by atoms with van der Waals surface area (Å²) in [5, 5.41) is 19.1. The zero-order valence-corrected chi connectivity index (χ0v) is 14.4. The second-order valence-corrected chi connectivity index (χ2v) is 5.96. The van der Waals surface area contributed by atoms with Gasteiger partial charge in [0.25, 0.3) is 0 Å². The Balaban J connectivity index is 2.17. The average Bonchev–Trinajstić information content (AvgIpc) is 2.70. The van der Waals surface area contributed by atoms with E-state index in [1.807, 2.05) is 24.3 Å². The molecule has 0 fully saturated rings. The van der Waals surface area contributed by atoms with Gasteiger partial charge in [-0.05, 0) is 18.4 Å². The van der Waals surface area contributed by atoms with Crippen molar-refractivity contribution in [2.75, 3.05) is 25.7 Å². The summed E-state index contributed by atoms with van der Waals surface area (Å²) in [5.74, 6) is 0.887. The maximum atomic E-state index is 9.55. The molecule has 1 aromatic carbocycles. The van der Waals surface area contributed by atoms with E-state index in [0.717, 1.165) is 30.6 Å². The molecule has 128 valence electrons. The Morgan fingerprint density at radius 1 is 1.15 bits per heavy atom. The average molecular weight is 345 g/mol. The number of nitrogens with zero attached hydrogens (tertiary/aromatic N) is 5. The number of hydrogen-bond donors (Lipinski definition) is 0. The molecule has 0 atom stereocenters. The molecule has 3 heterocycles. The van der Waals surface area contributed by atoms with Crippen LogP contribution in [0.3, 0.4) is 0 Å². The van der Waals surface area contributed by atoms with Crippen molar-refractivity contribution in [3.05, 3.63) is 40.5 Å². The lowest BCUT2D eigenvalue weighted by Gasteiger charge is -2.38. The Morgan fingerprint density at radius 3 is 2.65 bits per heavy atom.